The SMILES string of the molecule is N[C@H](c1cc(Br)c(O)c(Br)c1)C1CCCCC1. The summed E-state index contributed by atoms with van der Waals surface area (Å²) < 4.78 is 1.40. The number of phenolic OH excluding ortho intramolecular Hbond substituents is 1. The van der Waals surface area contributed by atoms with Crippen LogP contribution in [0.1, 0.15) is 43.7 Å². The monoisotopic (exact) mass is 361 g/mol. The first-order valence-electron chi connectivity index (χ1n) is 6.03. The van der Waals surface area contributed by atoms with Gasteiger partial charge in [-0.25, -0.2) is 0 Å². The molecule has 1 aromatic rings. The molecule has 1 fully saturated rings. The molecule has 0 radical (unpaired) electrons. The Balaban J connectivity index is 2.21. The van der Waals surface area contributed by atoms with Crippen molar-refractivity contribution in [1.82, 2.24) is 0 Å². The molecule has 0 aromatic heterocycles. The van der Waals surface area contributed by atoms with Crippen LogP contribution in [0.3, 0.4) is 0 Å². The first-order valence-corrected chi connectivity index (χ1v) is 7.61. The fourth-order valence-corrected chi connectivity index (χ4v) is 3.76. The zero-order valence-electron chi connectivity index (χ0n) is 9.63. The quantitative estimate of drug-likeness (QED) is 0.813. The maximum Gasteiger partial charge on any atom is 0.143 e. The van der Waals surface area contributed by atoms with Gasteiger partial charge in [0.2, 0.25) is 0 Å². The first-order chi connectivity index (χ1) is 8.09. The number of phenols is 1. The molecule has 1 aliphatic carbocycles. The Bertz CT molecular complexity index is 379. The van der Waals surface area contributed by atoms with E-state index in [1.165, 1.54) is 32.1 Å². The van der Waals surface area contributed by atoms with E-state index in [1.807, 2.05) is 12.1 Å². The number of hydrogen-bond acceptors (Lipinski definition) is 2. The molecule has 1 atom stereocenters. The van der Waals surface area contributed by atoms with Gasteiger partial charge in [0.25, 0.3) is 0 Å². The van der Waals surface area contributed by atoms with Crippen LogP contribution in [0.5, 0.6) is 5.75 Å². The van der Waals surface area contributed by atoms with Crippen molar-refractivity contribution in [3.05, 3.63) is 26.6 Å². The van der Waals surface area contributed by atoms with Crippen molar-refractivity contribution in [2.75, 3.05) is 0 Å². The normalized spacial score (nSPS) is 19.2. The van der Waals surface area contributed by atoms with Crippen LogP contribution in [0, 0.1) is 5.92 Å². The third-order valence-corrected chi connectivity index (χ3v) is 4.79. The summed E-state index contributed by atoms with van der Waals surface area (Å²) in [5.74, 6) is 0.816. The summed E-state index contributed by atoms with van der Waals surface area (Å²) in [5.41, 5.74) is 7.43. The zero-order valence-corrected chi connectivity index (χ0v) is 12.8. The van der Waals surface area contributed by atoms with Gasteiger partial charge >= 0.3 is 0 Å². The van der Waals surface area contributed by atoms with Gasteiger partial charge in [-0.15, -0.1) is 0 Å². The Morgan fingerprint density at radius 2 is 1.65 bits per heavy atom. The third kappa shape index (κ3) is 3.04. The van der Waals surface area contributed by atoms with Gasteiger partial charge in [0.05, 0.1) is 8.95 Å². The van der Waals surface area contributed by atoms with E-state index in [1.54, 1.807) is 0 Å². The molecule has 4 heteroatoms. The predicted molar refractivity (Wildman–Crippen MR) is 77.0 cm³/mol. The molecule has 0 bridgehead atoms. The molecule has 1 aliphatic rings. The minimum atomic E-state index is 0.0727. The average Bonchev–Trinajstić information content (AvgIpc) is 2.35. The zero-order chi connectivity index (χ0) is 12.4. The van der Waals surface area contributed by atoms with Crippen molar-refractivity contribution in [2.24, 2.45) is 11.7 Å². The van der Waals surface area contributed by atoms with Crippen molar-refractivity contribution < 1.29 is 5.11 Å². The fraction of sp³-hybridized carbons (Fsp3) is 0.538. The fourth-order valence-electron chi connectivity index (χ4n) is 2.54. The van der Waals surface area contributed by atoms with Gasteiger partial charge < -0.3 is 10.8 Å². The Hall–Kier alpha value is -0.0600. The van der Waals surface area contributed by atoms with E-state index in [-0.39, 0.29) is 11.8 Å². The average molecular weight is 363 g/mol. The molecule has 0 heterocycles. The Kier molecular flexibility index (Phi) is 4.50. The molecule has 0 saturated heterocycles. The number of hydrogen-bond donors (Lipinski definition) is 2. The van der Waals surface area contributed by atoms with E-state index in [2.05, 4.69) is 31.9 Å². The van der Waals surface area contributed by atoms with E-state index in [0.29, 0.717) is 14.9 Å². The van der Waals surface area contributed by atoms with Gasteiger partial charge in [-0.05, 0) is 68.3 Å². The van der Waals surface area contributed by atoms with Crippen molar-refractivity contribution >= 4 is 31.9 Å². The van der Waals surface area contributed by atoms with Gasteiger partial charge in [0.15, 0.2) is 0 Å². The smallest absolute Gasteiger partial charge is 0.143 e. The molecule has 0 unspecified atom stereocenters. The summed E-state index contributed by atoms with van der Waals surface area (Å²) in [7, 11) is 0. The molecule has 0 amide bonds. The maximum atomic E-state index is 9.69. The van der Waals surface area contributed by atoms with E-state index >= 15 is 0 Å². The summed E-state index contributed by atoms with van der Waals surface area (Å²) >= 11 is 6.71. The third-order valence-electron chi connectivity index (χ3n) is 3.58. The largest absolute Gasteiger partial charge is 0.506 e. The minimum absolute atomic E-state index is 0.0727. The lowest BCUT2D eigenvalue weighted by Crippen LogP contribution is -2.23. The number of nitrogens with two attached hydrogens (primary N) is 1. The summed E-state index contributed by atoms with van der Waals surface area (Å²) in [6, 6.07) is 3.93. The number of benzene rings is 1. The highest BCUT2D eigenvalue weighted by Gasteiger charge is 2.23. The number of aromatic hydroxyl groups is 1. The molecular weight excluding hydrogens is 346 g/mol. The Morgan fingerprint density at radius 3 is 2.18 bits per heavy atom. The van der Waals surface area contributed by atoms with Crippen LogP contribution in [0.2, 0.25) is 0 Å². The first kappa shape index (κ1) is 13.4. The van der Waals surface area contributed by atoms with E-state index in [9.17, 15) is 5.11 Å². The second kappa shape index (κ2) is 5.72. The predicted octanol–water partition coefficient (Wildman–Crippen LogP) is 4.50. The van der Waals surface area contributed by atoms with Crippen LogP contribution in [0.25, 0.3) is 0 Å². The molecular formula is C13H17Br2NO. The summed E-state index contributed by atoms with van der Waals surface area (Å²) in [6.07, 6.45) is 6.36. The van der Waals surface area contributed by atoms with Crippen LogP contribution < -0.4 is 5.73 Å². The lowest BCUT2D eigenvalue weighted by Gasteiger charge is -2.28. The lowest BCUT2D eigenvalue weighted by molar-refractivity contribution is 0.308. The molecule has 0 aliphatic heterocycles. The van der Waals surface area contributed by atoms with Crippen LogP contribution in [0.4, 0.5) is 0 Å². The van der Waals surface area contributed by atoms with Gasteiger partial charge in [0.1, 0.15) is 5.75 Å². The molecule has 1 saturated carbocycles. The summed E-state index contributed by atoms with van der Waals surface area (Å²) in [4.78, 5) is 0. The molecule has 0 spiro atoms. The van der Waals surface area contributed by atoms with Crippen molar-refractivity contribution in [3.8, 4) is 5.75 Å². The highest BCUT2D eigenvalue weighted by Crippen LogP contribution is 2.38. The second-order valence-electron chi connectivity index (χ2n) is 4.76. The van der Waals surface area contributed by atoms with E-state index in [0.717, 1.165) is 5.56 Å². The second-order valence-corrected chi connectivity index (χ2v) is 6.47. The molecule has 94 valence electrons. The molecule has 2 nitrogen and oxygen atoms in total. The maximum absolute atomic E-state index is 9.69. The molecule has 17 heavy (non-hydrogen) atoms. The van der Waals surface area contributed by atoms with Crippen LogP contribution in [-0.2, 0) is 0 Å². The standard InChI is InChI=1S/C13H17Br2NO/c14-10-6-9(7-11(15)13(10)17)12(16)8-4-2-1-3-5-8/h6-8,12,17H,1-5,16H2/t12-/m0/s1. The minimum Gasteiger partial charge on any atom is -0.506 e. The van der Waals surface area contributed by atoms with Crippen LogP contribution in [-0.4, -0.2) is 5.11 Å². The van der Waals surface area contributed by atoms with Crippen molar-refractivity contribution in [1.29, 1.82) is 0 Å². The Labute approximate surface area is 119 Å². The topological polar surface area (TPSA) is 46.2 Å². The molecule has 2 rings (SSSR count). The summed E-state index contributed by atoms with van der Waals surface area (Å²) in [5, 5.41) is 9.69. The van der Waals surface area contributed by atoms with E-state index in [4.69, 9.17) is 5.73 Å². The Morgan fingerprint density at radius 1 is 1.12 bits per heavy atom. The van der Waals surface area contributed by atoms with Gasteiger partial charge in [-0.2, -0.15) is 0 Å². The highest BCUT2D eigenvalue weighted by atomic mass is 79.9. The number of rotatable bonds is 2. The van der Waals surface area contributed by atoms with Crippen LogP contribution >= 0.6 is 31.9 Å². The van der Waals surface area contributed by atoms with Gasteiger partial charge in [0, 0.05) is 6.04 Å². The van der Waals surface area contributed by atoms with Crippen molar-refractivity contribution in [3.63, 3.8) is 0 Å². The molecule has 3 N–H and O–H groups in total. The van der Waals surface area contributed by atoms with Gasteiger partial charge in [-0.3, -0.25) is 0 Å². The van der Waals surface area contributed by atoms with Crippen molar-refractivity contribution in [2.45, 2.75) is 38.1 Å². The summed E-state index contributed by atoms with van der Waals surface area (Å²) in [6.45, 7) is 0. The van der Waals surface area contributed by atoms with Gasteiger partial charge in [-0.1, -0.05) is 19.3 Å². The highest BCUT2D eigenvalue weighted by molar-refractivity contribution is 9.11. The van der Waals surface area contributed by atoms with E-state index < -0.39 is 0 Å². The lowest BCUT2D eigenvalue weighted by atomic mass is 9.81. The molecule has 1 aromatic carbocycles. The van der Waals surface area contributed by atoms with Crippen LogP contribution in [0.15, 0.2) is 21.1 Å². The number of halogens is 2.